The van der Waals surface area contributed by atoms with Gasteiger partial charge in [-0.15, -0.1) is 11.3 Å². The first-order valence-corrected chi connectivity index (χ1v) is 9.59. The third kappa shape index (κ3) is 4.63. The van der Waals surface area contributed by atoms with Crippen LogP contribution in [-0.2, 0) is 9.53 Å². The van der Waals surface area contributed by atoms with Crippen LogP contribution in [0.15, 0.2) is 72.1 Å². The number of nitrogens with one attached hydrogen (secondary N) is 1. The van der Waals surface area contributed by atoms with Crippen LogP contribution in [0.4, 0.5) is 0 Å². The molecule has 0 fully saturated rings. The molecule has 0 unspecified atom stereocenters. The normalized spacial score (nSPS) is 11.8. The molecule has 0 saturated carbocycles. The van der Waals surface area contributed by atoms with Crippen molar-refractivity contribution in [1.82, 2.24) is 5.32 Å². The van der Waals surface area contributed by atoms with Crippen LogP contribution in [0.3, 0.4) is 0 Å². The Morgan fingerprint density at radius 2 is 1.48 bits per heavy atom. The minimum Gasteiger partial charge on any atom is -0.448 e. The van der Waals surface area contributed by atoms with Crippen molar-refractivity contribution in [3.05, 3.63) is 93.7 Å². The van der Waals surface area contributed by atoms with E-state index in [1.807, 2.05) is 79.0 Å². The molecule has 0 aliphatic carbocycles. The van der Waals surface area contributed by atoms with Gasteiger partial charge in [0.2, 0.25) is 0 Å². The van der Waals surface area contributed by atoms with Gasteiger partial charge < -0.3 is 10.1 Å². The molecule has 1 aromatic heterocycles. The highest BCUT2D eigenvalue weighted by Crippen LogP contribution is 2.22. The van der Waals surface area contributed by atoms with E-state index in [9.17, 15) is 9.59 Å². The molecular weight excluding hydrogens is 358 g/mol. The molecule has 1 atom stereocenters. The standard InChI is InChI=1S/C22H21NO3S/c1-15-13-14-27-20(15)22(25)26-16(2)21(24)23-19(17-9-5-3-6-10-17)18-11-7-4-8-12-18/h3-14,16,19H,1-2H3,(H,23,24)/t16-/m0/s1. The van der Waals surface area contributed by atoms with Crippen LogP contribution in [-0.4, -0.2) is 18.0 Å². The Hall–Kier alpha value is -2.92. The minimum atomic E-state index is -0.895. The maximum absolute atomic E-state index is 12.7. The molecule has 27 heavy (non-hydrogen) atoms. The van der Waals surface area contributed by atoms with E-state index < -0.39 is 12.1 Å². The fourth-order valence-electron chi connectivity index (χ4n) is 2.76. The summed E-state index contributed by atoms with van der Waals surface area (Å²) in [5, 5.41) is 4.83. The molecular formula is C22H21NO3S. The zero-order valence-corrected chi connectivity index (χ0v) is 16.0. The number of thiophene rings is 1. The first kappa shape index (κ1) is 18.9. The molecule has 1 N–H and O–H groups in total. The fraction of sp³-hybridized carbons (Fsp3) is 0.182. The molecule has 1 amide bonds. The molecule has 4 nitrogen and oxygen atoms in total. The van der Waals surface area contributed by atoms with Crippen LogP contribution in [0.1, 0.15) is 39.3 Å². The summed E-state index contributed by atoms with van der Waals surface area (Å²) in [7, 11) is 0. The Labute approximate surface area is 162 Å². The highest BCUT2D eigenvalue weighted by Gasteiger charge is 2.24. The van der Waals surface area contributed by atoms with Gasteiger partial charge in [-0.1, -0.05) is 60.7 Å². The SMILES string of the molecule is Cc1ccsc1C(=O)O[C@@H](C)C(=O)NC(c1ccccc1)c1ccccc1. The van der Waals surface area contributed by atoms with Gasteiger partial charge in [0, 0.05) is 0 Å². The lowest BCUT2D eigenvalue weighted by atomic mass is 9.98. The summed E-state index contributed by atoms with van der Waals surface area (Å²) in [6, 6.07) is 21.0. The minimum absolute atomic E-state index is 0.315. The van der Waals surface area contributed by atoms with E-state index >= 15 is 0 Å². The Bertz CT molecular complexity index is 866. The van der Waals surface area contributed by atoms with Crippen LogP contribution >= 0.6 is 11.3 Å². The molecule has 3 aromatic rings. The lowest BCUT2D eigenvalue weighted by Gasteiger charge is -2.22. The number of carbonyl (C=O) groups excluding carboxylic acids is 2. The molecule has 0 saturated heterocycles. The number of rotatable bonds is 6. The summed E-state index contributed by atoms with van der Waals surface area (Å²) in [5.74, 6) is -0.809. The second-order valence-corrected chi connectivity index (χ2v) is 7.16. The second kappa shape index (κ2) is 8.64. The van der Waals surface area contributed by atoms with Crippen LogP contribution in [0.5, 0.6) is 0 Å². The van der Waals surface area contributed by atoms with Gasteiger partial charge >= 0.3 is 5.97 Å². The van der Waals surface area contributed by atoms with E-state index in [-0.39, 0.29) is 11.9 Å². The average molecular weight is 379 g/mol. The molecule has 0 aliphatic heterocycles. The fourth-order valence-corrected chi connectivity index (χ4v) is 3.57. The Balaban J connectivity index is 1.74. The third-order valence-corrected chi connectivity index (χ3v) is 5.25. The smallest absolute Gasteiger partial charge is 0.349 e. The van der Waals surface area contributed by atoms with Gasteiger partial charge in [-0.3, -0.25) is 4.79 Å². The molecule has 0 bridgehead atoms. The highest BCUT2D eigenvalue weighted by molar-refractivity contribution is 7.12. The molecule has 5 heteroatoms. The second-order valence-electron chi connectivity index (χ2n) is 6.24. The Morgan fingerprint density at radius 3 is 1.96 bits per heavy atom. The van der Waals surface area contributed by atoms with Crippen molar-refractivity contribution in [2.45, 2.75) is 26.0 Å². The van der Waals surface area contributed by atoms with Gasteiger partial charge in [-0.05, 0) is 42.0 Å². The zero-order chi connectivity index (χ0) is 19.2. The molecule has 0 spiro atoms. The molecule has 138 valence electrons. The lowest BCUT2D eigenvalue weighted by molar-refractivity contribution is -0.129. The van der Waals surface area contributed by atoms with Crippen molar-refractivity contribution in [2.24, 2.45) is 0 Å². The van der Waals surface area contributed by atoms with Gasteiger partial charge in [-0.2, -0.15) is 0 Å². The van der Waals surface area contributed by atoms with Gasteiger partial charge in [0.25, 0.3) is 5.91 Å². The summed E-state index contributed by atoms with van der Waals surface area (Å²) in [6.07, 6.45) is -0.895. The topological polar surface area (TPSA) is 55.4 Å². The molecule has 3 rings (SSSR count). The van der Waals surface area contributed by atoms with Crippen molar-refractivity contribution in [3.63, 3.8) is 0 Å². The van der Waals surface area contributed by atoms with Crippen molar-refractivity contribution in [3.8, 4) is 0 Å². The van der Waals surface area contributed by atoms with Crippen molar-refractivity contribution >= 4 is 23.2 Å². The number of amides is 1. The molecule has 0 radical (unpaired) electrons. The number of ether oxygens (including phenoxy) is 1. The molecule has 2 aromatic carbocycles. The number of aryl methyl sites for hydroxylation is 1. The molecule has 1 heterocycles. The van der Waals surface area contributed by atoms with Crippen molar-refractivity contribution in [1.29, 1.82) is 0 Å². The van der Waals surface area contributed by atoms with E-state index in [0.29, 0.717) is 4.88 Å². The largest absolute Gasteiger partial charge is 0.448 e. The van der Waals surface area contributed by atoms with Gasteiger partial charge in [0.05, 0.1) is 6.04 Å². The number of esters is 1. The quantitative estimate of drug-likeness (QED) is 0.641. The summed E-state index contributed by atoms with van der Waals surface area (Å²) >= 11 is 1.31. The third-order valence-electron chi connectivity index (χ3n) is 4.25. The Kier molecular flexibility index (Phi) is 6.04. The van der Waals surface area contributed by atoms with Crippen LogP contribution < -0.4 is 5.32 Å². The lowest BCUT2D eigenvalue weighted by Crippen LogP contribution is -2.38. The van der Waals surface area contributed by atoms with Crippen LogP contribution in [0, 0.1) is 6.92 Å². The van der Waals surface area contributed by atoms with E-state index in [1.165, 1.54) is 11.3 Å². The first-order chi connectivity index (χ1) is 13.1. The Morgan fingerprint density at radius 1 is 0.926 bits per heavy atom. The van der Waals surface area contributed by atoms with Crippen molar-refractivity contribution in [2.75, 3.05) is 0 Å². The predicted octanol–water partition coefficient (Wildman–Crippen LogP) is 4.51. The summed E-state index contributed by atoms with van der Waals surface area (Å²) in [5.41, 5.74) is 2.78. The van der Waals surface area contributed by atoms with Gasteiger partial charge in [0.1, 0.15) is 4.88 Å². The van der Waals surface area contributed by atoms with Crippen molar-refractivity contribution < 1.29 is 14.3 Å². The van der Waals surface area contributed by atoms with Crippen LogP contribution in [0.2, 0.25) is 0 Å². The van der Waals surface area contributed by atoms with E-state index in [4.69, 9.17) is 4.74 Å². The number of hydrogen-bond acceptors (Lipinski definition) is 4. The van der Waals surface area contributed by atoms with E-state index in [2.05, 4.69) is 5.32 Å². The highest BCUT2D eigenvalue weighted by atomic mass is 32.1. The summed E-state index contributed by atoms with van der Waals surface area (Å²) in [6.45, 7) is 3.43. The number of benzene rings is 2. The van der Waals surface area contributed by atoms with Crippen LogP contribution in [0.25, 0.3) is 0 Å². The van der Waals surface area contributed by atoms with Gasteiger partial charge in [-0.25, -0.2) is 4.79 Å². The average Bonchev–Trinajstić information content (AvgIpc) is 3.13. The zero-order valence-electron chi connectivity index (χ0n) is 15.2. The predicted molar refractivity (Wildman–Crippen MR) is 107 cm³/mol. The molecule has 0 aliphatic rings. The monoisotopic (exact) mass is 379 g/mol. The summed E-state index contributed by atoms with van der Waals surface area (Å²) < 4.78 is 5.37. The first-order valence-electron chi connectivity index (χ1n) is 8.71. The number of carbonyl (C=O) groups is 2. The summed E-state index contributed by atoms with van der Waals surface area (Å²) in [4.78, 5) is 25.5. The maximum Gasteiger partial charge on any atom is 0.349 e. The van der Waals surface area contributed by atoms with Gasteiger partial charge in [0.15, 0.2) is 6.10 Å². The maximum atomic E-state index is 12.7. The van der Waals surface area contributed by atoms with E-state index in [0.717, 1.165) is 16.7 Å². The van der Waals surface area contributed by atoms with E-state index in [1.54, 1.807) is 6.92 Å². The number of hydrogen-bond donors (Lipinski definition) is 1.